The van der Waals surface area contributed by atoms with Crippen LogP contribution in [0.5, 0.6) is 5.75 Å². The SMILES string of the molecule is Oc1ccc2ccccc2c1C=NN1CCN(c2ccc(Cl)cc2)CC1. The lowest BCUT2D eigenvalue weighted by Crippen LogP contribution is -2.44. The molecule has 26 heavy (non-hydrogen) atoms. The molecule has 4 nitrogen and oxygen atoms in total. The van der Waals surface area contributed by atoms with Crippen LogP contribution in [0.3, 0.4) is 0 Å². The first-order valence-electron chi connectivity index (χ1n) is 8.71. The van der Waals surface area contributed by atoms with Crippen molar-refractivity contribution in [1.29, 1.82) is 0 Å². The highest BCUT2D eigenvalue weighted by Crippen LogP contribution is 2.26. The summed E-state index contributed by atoms with van der Waals surface area (Å²) in [6.45, 7) is 3.48. The number of phenolic OH excluding ortho intramolecular Hbond substituents is 1. The van der Waals surface area contributed by atoms with E-state index in [0.717, 1.165) is 47.5 Å². The van der Waals surface area contributed by atoms with E-state index in [1.807, 2.05) is 47.5 Å². The molecular formula is C21H20ClN3O. The number of fused-ring (bicyclic) bond motifs is 1. The van der Waals surface area contributed by atoms with Crippen LogP contribution < -0.4 is 4.90 Å². The smallest absolute Gasteiger partial charge is 0.125 e. The zero-order chi connectivity index (χ0) is 17.9. The van der Waals surface area contributed by atoms with Crippen LogP contribution in [0.25, 0.3) is 10.8 Å². The highest BCUT2D eigenvalue weighted by Gasteiger charge is 2.16. The van der Waals surface area contributed by atoms with Crippen LogP contribution in [0.1, 0.15) is 5.56 Å². The van der Waals surface area contributed by atoms with E-state index in [1.54, 1.807) is 12.3 Å². The number of benzene rings is 3. The highest BCUT2D eigenvalue weighted by molar-refractivity contribution is 6.30. The predicted octanol–water partition coefficient (Wildman–Crippen LogP) is 4.35. The summed E-state index contributed by atoms with van der Waals surface area (Å²) in [5.74, 6) is 0.257. The van der Waals surface area contributed by atoms with Gasteiger partial charge in [0, 0.05) is 29.4 Å². The maximum atomic E-state index is 10.2. The van der Waals surface area contributed by atoms with Gasteiger partial charge in [-0.15, -0.1) is 0 Å². The molecule has 0 aliphatic carbocycles. The largest absolute Gasteiger partial charge is 0.507 e. The summed E-state index contributed by atoms with van der Waals surface area (Å²) in [6.07, 6.45) is 1.77. The lowest BCUT2D eigenvalue weighted by molar-refractivity contribution is 0.272. The van der Waals surface area contributed by atoms with Crippen molar-refractivity contribution in [2.24, 2.45) is 5.10 Å². The summed E-state index contributed by atoms with van der Waals surface area (Å²) in [6, 6.07) is 19.6. The minimum atomic E-state index is 0.257. The Morgan fingerprint density at radius 1 is 0.885 bits per heavy atom. The fourth-order valence-electron chi connectivity index (χ4n) is 3.28. The predicted molar refractivity (Wildman–Crippen MR) is 108 cm³/mol. The molecule has 0 aromatic heterocycles. The van der Waals surface area contributed by atoms with Crippen LogP contribution in [-0.4, -0.2) is 42.5 Å². The molecule has 1 heterocycles. The summed E-state index contributed by atoms with van der Waals surface area (Å²) in [5.41, 5.74) is 1.95. The maximum Gasteiger partial charge on any atom is 0.125 e. The second-order valence-electron chi connectivity index (χ2n) is 6.38. The number of hydrogen-bond donors (Lipinski definition) is 1. The van der Waals surface area contributed by atoms with Gasteiger partial charge in [0.15, 0.2) is 0 Å². The molecular weight excluding hydrogens is 346 g/mol. The molecule has 1 fully saturated rings. The average molecular weight is 366 g/mol. The van der Waals surface area contributed by atoms with E-state index >= 15 is 0 Å². The first kappa shape index (κ1) is 16.7. The van der Waals surface area contributed by atoms with Crippen LogP contribution in [0.2, 0.25) is 5.02 Å². The lowest BCUT2D eigenvalue weighted by Gasteiger charge is -2.34. The van der Waals surface area contributed by atoms with Gasteiger partial charge >= 0.3 is 0 Å². The van der Waals surface area contributed by atoms with E-state index in [-0.39, 0.29) is 5.75 Å². The number of phenols is 1. The van der Waals surface area contributed by atoms with Crippen molar-refractivity contribution in [2.45, 2.75) is 0 Å². The molecule has 3 aromatic rings. The van der Waals surface area contributed by atoms with Crippen molar-refractivity contribution < 1.29 is 5.11 Å². The van der Waals surface area contributed by atoms with Crippen LogP contribution in [0.15, 0.2) is 65.8 Å². The second-order valence-corrected chi connectivity index (χ2v) is 6.82. The molecule has 0 unspecified atom stereocenters. The summed E-state index contributed by atoms with van der Waals surface area (Å²) in [4.78, 5) is 2.33. The van der Waals surface area contributed by atoms with Gasteiger partial charge in [-0.3, -0.25) is 5.01 Å². The number of piperazine rings is 1. The van der Waals surface area contributed by atoms with Gasteiger partial charge in [0.05, 0.1) is 19.3 Å². The molecule has 4 rings (SSSR count). The Morgan fingerprint density at radius 3 is 2.38 bits per heavy atom. The van der Waals surface area contributed by atoms with Gasteiger partial charge < -0.3 is 10.0 Å². The zero-order valence-electron chi connectivity index (χ0n) is 14.3. The zero-order valence-corrected chi connectivity index (χ0v) is 15.1. The van der Waals surface area contributed by atoms with Gasteiger partial charge in [0.25, 0.3) is 0 Å². The normalized spacial score (nSPS) is 15.1. The van der Waals surface area contributed by atoms with Gasteiger partial charge in [-0.2, -0.15) is 5.10 Å². The Kier molecular flexibility index (Phi) is 4.67. The molecule has 0 bridgehead atoms. The number of rotatable bonds is 3. The van der Waals surface area contributed by atoms with E-state index in [4.69, 9.17) is 11.6 Å². The summed E-state index contributed by atoms with van der Waals surface area (Å²) in [7, 11) is 0. The first-order chi connectivity index (χ1) is 12.7. The van der Waals surface area contributed by atoms with Gasteiger partial charge in [-0.05, 0) is 41.1 Å². The number of anilines is 1. The van der Waals surface area contributed by atoms with Gasteiger partial charge in [0.2, 0.25) is 0 Å². The van der Waals surface area contributed by atoms with Crippen molar-refractivity contribution in [3.8, 4) is 5.75 Å². The maximum absolute atomic E-state index is 10.2. The summed E-state index contributed by atoms with van der Waals surface area (Å²) < 4.78 is 0. The second kappa shape index (κ2) is 7.26. The fraction of sp³-hybridized carbons (Fsp3) is 0.190. The van der Waals surface area contributed by atoms with E-state index in [1.165, 1.54) is 5.69 Å². The van der Waals surface area contributed by atoms with E-state index in [0.29, 0.717) is 0 Å². The molecule has 0 atom stereocenters. The first-order valence-corrected chi connectivity index (χ1v) is 9.09. The van der Waals surface area contributed by atoms with Crippen molar-refractivity contribution >= 4 is 34.3 Å². The molecule has 132 valence electrons. The molecule has 0 radical (unpaired) electrons. The van der Waals surface area contributed by atoms with Crippen molar-refractivity contribution in [1.82, 2.24) is 5.01 Å². The third-order valence-electron chi connectivity index (χ3n) is 4.75. The Hall–Kier alpha value is -2.72. The molecule has 0 amide bonds. The average Bonchev–Trinajstić information content (AvgIpc) is 2.68. The molecule has 1 saturated heterocycles. The Bertz CT molecular complexity index is 932. The fourth-order valence-corrected chi connectivity index (χ4v) is 3.41. The molecule has 1 aliphatic heterocycles. The molecule has 1 aliphatic rings. The monoisotopic (exact) mass is 365 g/mol. The van der Waals surface area contributed by atoms with E-state index in [9.17, 15) is 5.11 Å². The number of hydrogen-bond acceptors (Lipinski definition) is 4. The molecule has 5 heteroatoms. The quantitative estimate of drug-likeness (QED) is 0.701. The highest BCUT2D eigenvalue weighted by atomic mass is 35.5. The van der Waals surface area contributed by atoms with Gasteiger partial charge in [0.1, 0.15) is 5.75 Å². The number of halogens is 1. The standard InChI is InChI=1S/C21H20ClN3O/c22-17-6-8-18(9-7-17)24-11-13-25(14-12-24)23-15-20-19-4-2-1-3-16(19)5-10-21(20)26/h1-10,15,26H,11-14H2. The molecule has 1 N–H and O–H groups in total. The van der Waals surface area contributed by atoms with Crippen LogP contribution >= 0.6 is 11.6 Å². The number of nitrogens with zero attached hydrogens (tertiary/aromatic N) is 3. The topological polar surface area (TPSA) is 39.1 Å². The minimum Gasteiger partial charge on any atom is -0.507 e. The van der Waals surface area contributed by atoms with Crippen LogP contribution in [0, 0.1) is 0 Å². The molecule has 0 spiro atoms. The lowest BCUT2D eigenvalue weighted by atomic mass is 10.0. The Balaban J connectivity index is 1.46. The number of hydrazone groups is 1. The molecule has 3 aromatic carbocycles. The van der Waals surface area contributed by atoms with Crippen LogP contribution in [-0.2, 0) is 0 Å². The van der Waals surface area contributed by atoms with E-state index < -0.39 is 0 Å². The summed E-state index contributed by atoms with van der Waals surface area (Å²) >= 11 is 5.96. The van der Waals surface area contributed by atoms with Crippen LogP contribution in [0.4, 0.5) is 5.69 Å². The third kappa shape index (κ3) is 3.46. The van der Waals surface area contributed by atoms with Gasteiger partial charge in [-0.1, -0.05) is 41.9 Å². The Morgan fingerprint density at radius 2 is 1.62 bits per heavy atom. The van der Waals surface area contributed by atoms with Crippen molar-refractivity contribution in [3.05, 3.63) is 71.2 Å². The van der Waals surface area contributed by atoms with Crippen molar-refractivity contribution in [3.63, 3.8) is 0 Å². The molecule has 0 saturated carbocycles. The summed E-state index contributed by atoms with van der Waals surface area (Å²) in [5, 5.41) is 19.7. The van der Waals surface area contributed by atoms with Gasteiger partial charge in [-0.25, -0.2) is 0 Å². The van der Waals surface area contributed by atoms with Crippen molar-refractivity contribution in [2.75, 3.05) is 31.1 Å². The third-order valence-corrected chi connectivity index (χ3v) is 5.00. The Labute approximate surface area is 157 Å². The van der Waals surface area contributed by atoms with E-state index in [2.05, 4.69) is 22.1 Å². The number of aromatic hydroxyl groups is 1. The minimum absolute atomic E-state index is 0.257.